The summed E-state index contributed by atoms with van der Waals surface area (Å²) >= 11 is 1.56. The Bertz CT molecular complexity index is 971. The van der Waals surface area contributed by atoms with Gasteiger partial charge in [-0.3, -0.25) is 4.79 Å². The van der Waals surface area contributed by atoms with Crippen LogP contribution in [0.15, 0.2) is 65.6 Å². The highest BCUT2D eigenvalue weighted by Gasteiger charge is 2.16. The predicted octanol–water partition coefficient (Wildman–Crippen LogP) is 4.06. The Morgan fingerprint density at radius 3 is 2.69 bits per heavy atom. The van der Waals surface area contributed by atoms with Gasteiger partial charge in [0.2, 0.25) is 0 Å². The number of ether oxygens (including phenoxy) is 1. The Morgan fingerprint density at radius 2 is 1.88 bits per heavy atom. The number of phenols is 1. The lowest BCUT2D eigenvalue weighted by molar-refractivity contribution is -0.119. The molecule has 3 aromatic carbocycles. The van der Waals surface area contributed by atoms with E-state index in [1.54, 1.807) is 36.0 Å². The molecule has 1 amide bonds. The molecule has 132 valence electrons. The van der Waals surface area contributed by atoms with Gasteiger partial charge in [-0.05, 0) is 35.9 Å². The van der Waals surface area contributed by atoms with Crippen molar-refractivity contribution in [3.05, 3.63) is 66.2 Å². The minimum Gasteiger partial charge on any atom is -0.506 e. The van der Waals surface area contributed by atoms with Crippen molar-refractivity contribution in [1.82, 2.24) is 0 Å². The average Bonchev–Trinajstić information content (AvgIpc) is 2.67. The lowest BCUT2D eigenvalue weighted by atomic mass is 10.1. The van der Waals surface area contributed by atoms with Crippen LogP contribution >= 0.6 is 11.8 Å². The molecule has 0 heterocycles. The summed E-state index contributed by atoms with van der Waals surface area (Å²) in [7, 11) is 0. The summed E-state index contributed by atoms with van der Waals surface area (Å²) in [5.74, 6) is -1.35. The Hall–Kier alpha value is -2.99. The first-order chi connectivity index (χ1) is 12.6. The summed E-state index contributed by atoms with van der Waals surface area (Å²) in [6.07, 6.45) is 1.94. The maximum atomic E-state index is 12.2. The number of anilines is 1. The number of carbonyl (C=O) groups is 2. The van der Waals surface area contributed by atoms with Crippen LogP contribution in [-0.4, -0.2) is 29.8 Å². The number of esters is 1. The Labute approximate surface area is 155 Å². The number of thioether (sulfide) groups is 1. The predicted molar refractivity (Wildman–Crippen MR) is 103 cm³/mol. The second kappa shape index (κ2) is 7.93. The van der Waals surface area contributed by atoms with Gasteiger partial charge >= 0.3 is 5.97 Å². The number of amides is 1. The highest BCUT2D eigenvalue weighted by Crippen LogP contribution is 2.29. The molecule has 0 aliphatic heterocycles. The third-order valence-corrected chi connectivity index (χ3v) is 4.53. The van der Waals surface area contributed by atoms with Crippen LogP contribution in [0.3, 0.4) is 0 Å². The van der Waals surface area contributed by atoms with Crippen molar-refractivity contribution in [3.63, 3.8) is 0 Å². The lowest BCUT2D eigenvalue weighted by Gasteiger charge is -2.09. The van der Waals surface area contributed by atoms with E-state index in [-0.39, 0.29) is 11.3 Å². The van der Waals surface area contributed by atoms with Gasteiger partial charge in [0.25, 0.3) is 5.91 Å². The average molecular weight is 367 g/mol. The van der Waals surface area contributed by atoms with Crippen LogP contribution < -0.4 is 5.32 Å². The zero-order valence-electron chi connectivity index (χ0n) is 14.1. The summed E-state index contributed by atoms with van der Waals surface area (Å²) in [6, 6.07) is 17.7. The summed E-state index contributed by atoms with van der Waals surface area (Å²) < 4.78 is 5.03. The number of carbonyl (C=O) groups excluding carboxylic acids is 2. The minimum atomic E-state index is -0.749. The van der Waals surface area contributed by atoms with Gasteiger partial charge in [0.15, 0.2) is 6.61 Å². The van der Waals surface area contributed by atoms with Crippen molar-refractivity contribution >= 4 is 40.1 Å². The molecule has 6 heteroatoms. The molecule has 0 fully saturated rings. The van der Waals surface area contributed by atoms with E-state index in [1.165, 1.54) is 6.07 Å². The molecule has 0 unspecified atom stereocenters. The van der Waals surface area contributed by atoms with Crippen molar-refractivity contribution in [3.8, 4) is 5.75 Å². The maximum Gasteiger partial charge on any atom is 0.342 e. The highest BCUT2D eigenvalue weighted by molar-refractivity contribution is 7.98. The van der Waals surface area contributed by atoms with E-state index >= 15 is 0 Å². The molecule has 3 aromatic rings. The first-order valence-electron chi connectivity index (χ1n) is 7.90. The van der Waals surface area contributed by atoms with Crippen LogP contribution in [0.2, 0.25) is 0 Å². The molecule has 0 bridgehead atoms. The van der Waals surface area contributed by atoms with Crippen molar-refractivity contribution in [2.75, 3.05) is 18.2 Å². The molecular formula is C20H17NO4S. The second-order valence-corrected chi connectivity index (χ2v) is 6.42. The summed E-state index contributed by atoms with van der Waals surface area (Å²) in [4.78, 5) is 25.2. The zero-order chi connectivity index (χ0) is 18.5. The number of benzene rings is 3. The lowest BCUT2D eigenvalue weighted by Crippen LogP contribution is -2.21. The largest absolute Gasteiger partial charge is 0.506 e. The maximum absolute atomic E-state index is 12.2. The molecule has 5 nitrogen and oxygen atoms in total. The monoisotopic (exact) mass is 367 g/mol. The van der Waals surface area contributed by atoms with Crippen LogP contribution in [0.1, 0.15) is 10.4 Å². The Kier molecular flexibility index (Phi) is 5.43. The standard InChI is InChI=1S/C20H17NO4S/c1-26-15-7-4-6-14(11-15)21-18(22)12-25-20(24)17-10-9-13-5-2-3-8-16(13)19(17)23/h2-11,23H,12H2,1H3,(H,21,22). The van der Waals surface area contributed by atoms with Crippen LogP contribution in [0.5, 0.6) is 5.75 Å². The SMILES string of the molecule is CSc1cccc(NC(=O)COC(=O)c2ccc3ccccc3c2O)c1. The molecule has 0 spiro atoms. The molecule has 0 aliphatic carbocycles. The molecule has 0 aromatic heterocycles. The van der Waals surface area contributed by atoms with Gasteiger partial charge in [-0.25, -0.2) is 4.79 Å². The number of hydrogen-bond donors (Lipinski definition) is 2. The molecule has 26 heavy (non-hydrogen) atoms. The van der Waals surface area contributed by atoms with Gasteiger partial charge in [0, 0.05) is 16.0 Å². The summed E-state index contributed by atoms with van der Waals surface area (Å²) in [6.45, 7) is -0.436. The number of phenolic OH excluding ortho intramolecular Hbond substituents is 1. The number of rotatable bonds is 5. The molecule has 3 rings (SSSR count). The molecule has 0 atom stereocenters. The molecule has 0 saturated heterocycles. The second-order valence-electron chi connectivity index (χ2n) is 5.54. The third kappa shape index (κ3) is 3.97. The Morgan fingerprint density at radius 1 is 1.08 bits per heavy atom. The van der Waals surface area contributed by atoms with Crippen molar-refractivity contribution in [1.29, 1.82) is 0 Å². The molecule has 0 aliphatic rings. The van der Waals surface area contributed by atoms with E-state index in [9.17, 15) is 14.7 Å². The van der Waals surface area contributed by atoms with E-state index in [2.05, 4.69) is 5.32 Å². The fraction of sp³-hybridized carbons (Fsp3) is 0.100. The normalized spacial score (nSPS) is 10.5. The van der Waals surface area contributed by atoms with Gasteiger partial charge in [-0.1, -0.05) is 36.4 Å². The van der Waals surface area contributed by atoms with Crippen molar-refractivity contribution in [2.24, 2.45) is 0 Å². The highest BCUT2D eigenvalue weighted by atomic mass is 32.2. The van der Waals surface area contributed by atoms with E-state index in [1.807, 2.05) is 36.6 Å². The van der Waals surface area contributed by atoms with Crippen LogP contribution in [-0.2, 0) is 9.53 Å². The fourth-order valence-electron chi connectivity index (χ4n) is 2.53. The topological polar surface area (TPSA) is 75.6 Å². The first kappa shape index (κ1) is 17.8. The summed E-state index contributed by atoms with van der Waals surface area (Å²) in [5.41, 5.74) is 0.660. The number of aromatic hydroxyl groups is 1. The van der Waals surface area contributed by atoms with Crippen LogP contribution in [0.4, 0.5) is 5.69 Å². The Balaban J connectivity index is 1.65. The van der Waals surface area contributed by atoms with Gasteiger partial charge in [0.1, 0.15) is 11.3 Å². The molecule has 0 saturated carbocycles. The van der Waals surface area contributed by atoms with Gasteiger partial charge in [-0.15, -0.1) is 11.8 Å². The number of fused-ring (bicyclic) bond motifs is 1. The molecule has 0 radical (unpaired) electrons. The fourth-order valence-corrected chi connectivity index (χ4v) is 2.99. The van der Waals surface area contributed by atoms with E-state index in [4.69, 9.17) is 4.74 Å². The van der Waals surface area contributed by atoms with Crippen molar-refractivity contribution in [2.45, 2.75) is 4.90 Å². The number of hydrogen-bond acceptors (Lipinski definition) is 5. The third-order valence-electron chi connectivity index (χ3n) is 3.81. The smallest absolute Gasteiger partial charge is 0.342 e. The molecular weight excluding hydrogens is 350 g/mol. The van der Waals surface area contributed by atoms with Crippen LogP contribution in [0, 0.1) is 0 Å². The van der Waals surface area contributed by atoms with Crippen molar-refractivity contribution < 1.29 is 19.4 Å². The minimum absolute atomic E-state index is 0.0286. The van der Waals surface area contributed by atoms with Gasteiger partial charge in [-0.2, -0.15) is 0 Å². The molecule has 2 N–H and O–H groups in total. The quantitative estimate of drug-likeness (QED) is 0.525. The number of nitrogens with one attached hydrogen (secondary N) is 1. The summed E-state index contributed by atoms with van der Waals surface area (Å²) in [5, 5.41) is 14.3. The zero-order valence-corrected chi connectivity index (χ0v) is 14.9. The van der Waals surface area contributed by atoms with E-state index in [0.29, 0.717) is 11.1 Å². The van der Waals surface area contributed by atoms with Gasteiger partial charge in [0.05, 0.1) is 0 Å². The van der Waals surface area contributed by atoms with E-state index in [0.717, 1.165) is 10.3 Å². The first-order valence-corrected chi connectivity index (χ1v) is 9.12. The van der Waals surface area contributed by atoms with Gasteiger partial charge < -0.3 is 15.2 Å². The van der Waals surface area contributed by atoms with E-state index < -0.39 is 18.5 Å². The van der Waals surface area contributed by atoms with Crippen LogP contribution in [0.25, 0.3) is 10.8 Å².